The van der Waals surface area contributed by atoms with E-state index in [-0.39, 0.29) is 11.8 Å². The zero-order chi connectivity index (χ0) is 15.4. The van der Waals surface area contributed by atoms with Crippen LogP contribution in [0.25, 0.3) is 17.2 Å². The standard InChI is InChI=1S/C19H19NOS/c1-22-20-14-18(19(20)21)9-5-6-15-10-12-17(13-11-15)16-7-3-2-4-8-16/h2-8,10-13,18H,9,14H2,1H3/b6-5+/t18-/m1/s1. The van der Waals surface area contributed by atoms with E-state index in [1.165, 1.54) is 28.6 Å². The van der Waals surface area contributed by atoms with Crippen LogP contribution in [0, 0.1) is 5.92 Å². The van der Waals surface area contributed by atoms with Gasteiger partial charge in [0.1, 0.15) is 0 Å². The average Bonchev–Trinajstić information content (AvgIpc) is 2.58. The van der Waals surface area contributed by atoms with Crippen LogP contribution in [0.1, 0.15) is 12.0 Å². The van der Waals surface area contributed by atoms with Gasteiger partial charge in [-0.05, 0) is 23.1 Å². The second kappa shape index (κ2) is 6.84. The van der Waals surface area contributed by atoms with Crippen molar-refractivity contribution in [3.05, 3.63) is 66.2 Å². The molecule has 1 atom stereocenters. The van der Waals surface area contributed by atoms with Gasteiger partial charge in [-0.15, -0.1) is 0 Å². The molecule has 2 nitrogen and oxygen atoms in total. The quantitative estimate of drug-likeness (QED) is 0.599. The number of hydrogen-bond donors (Lipinski definition) is 0. The zero-order valence-electron chi connectivity index (χ0n) is 12.6. The zero-order valence-corrected chi connectivity index (χ0v) is 13.4. The number of β-lactam (4-membered cyclic amide) rings is 1. The molecule has 0 saturated carbocycles. The fourth-order valence-electron chi connectivity index (χ4n) is 2.58. The van der Waals surface area contributed by atoms with Crippen molar-refractivity contribution in [3.8, 4) is 11.1 Å². The lowest BCUT2D eigenvalue weighted by Gasteiger charge is -2.35. The summed E-state index contributed by atoms with van der Waals surface area (Å²) in [6.45, 7) is 0.872. The molecular formula is C19H19NOS. The molecule has 2 aromatic rings. The summed E-state index contributed by atoms with van der Waals surface area (Å²) in [5.41, 5.74) is 3.63. The van der Waals surface area contributed by atoms with E-state index in [1.807, 2.05) is 16.6 Å². The number of rotatable bonds is 5. The number of allylic oxidation sites excluding steroid dienone is 1. The van der Waals surface area contributed by atoms with Crippen LogP contribution in [0.4, 0.5) is 0 Å². The molecule has 1 saturated heterocycles. The number of carbonyl (C=O) groups excluding carboxylic acids is 1. The highest BCUT2D eigenvalue weighted by Crippen LogP contribution is 2.27. The monoisotopic (exact) mass is 309 g/mol. The maximum absolute atomic E-state index is 11.7. The Labute approximate surface area is 136 Å². The van der Waals surface area contributed by atoms with E-state index in [0.717, 1.165) is 13.0 Å². The molecule has 1 fully saturated rings. The van der Waals surface area contributed by atoms with Crippen LogP contribution in [0.5, 0.6) is 0 Å². The number of carbonyl (C=O) groups is 1. The van der Waals surface area contributed by atoms with Crippen molar-refractivity contribution in [2.24, 2.45) is 5.92 Å². The highest BCUT2D eigenvalue weighted by Gasteiger charge is 2.34. The van der Waals surface area contributed by atoms with Crippen LogP contribution in [-0.2, 0) is 4.79 Å². The first kappa shape index (κ1) is 14.9. The molecule has 0 aromatic heterocycles. The van der Waals surface area contributed by atoms with E-state index in [0.29, 0.717) is 0 Å². The maximum atomic E-state index is 11.7. The lowest BCUT2D eigenvalue weighted by atomic mass is 9.97. The fraction of sp³-hybridized carbons (Fsp3) is 0.211. The molecule has 2 aromatic carbocycles. The van der Waals surface area contributed by atoms with Crippen molar-refractivity contribution < 1.29 is 4.79 Å². The molecule has 0 spiro atoms. The summed E-state index contributed by atoms with van der Waals surface area (Å²) in [6, 6.07) is 18.9. The van der Waals surface area contributed by atoms with Gasteiger partial charge in [-0.3, -0.25) is 9.10 Å². The van der Waals surface area contributed by atoms with E-state index in [9.17, 15) is 4.79 Å². The highest BCUT2D eigenvalue weighted by molar-refractivity contribution is 7.96. The lowest BCUT2D eigenvalue weighted by molar-refractivity contribution is -0.139. The normalized spacial score (nSPS) is 17.8. The molecule has 1 amide bonds. The summed E-state index contributed by atoms with van der Waals surface area (Å²) < 4.78 is 1.81. The van der Waals surface area contributed by atoms with Crippen molar-refractivity contribution in [2.45, 2.75) is 6.42 Å². The van der Waals surface area contributed by atoms with E-state index in [2.05, 4.69) is 60.7 Å². The molecule has 1 heterocycles. The molecule has 3 heteroatoms. The Morgan fingerprint density at radius 1 is 1.09 bits per heavy atom. The van der Waals surface area contributed by atoms with Crippen molar-refractivity contribution in [3.63, 3.8) is 0 Å². The molecule has 22 heavy (non-hydrogen) atoms. The van der Waals surface area contributed by atoms with Crippen molar-refractivity contribution in [1.29, 1.82) is 0 Å². The van der Waals surface area contributed by atoms with Crippen molar-refractivity contribution in [1.82, 2.24) is 4.31 Å². The largest absolute Gasteiger partial charge is 0.286 e. The topological polar surface area (TPSA) is 20.3 Å². The minimum absolute atomic E-state index is 0.173. The molecule has 0 aliphatic carbocycles. The van der Waals surface area contributed by atoms with Crippen LogP contribution < -0.4 is 0 Å². The first-order valence-corrected chi connectivity index (χ1v) is 8.63. The Balaban J connectivity index is 1.58. The summed E-state index contributed by atoms with van der Waals surface area (Å²) in [6.07, 6.45) is 6.98. The smallest absolute Gasteiger partial charge is 0.237 e. The van der Waals surface area contributed by atoms with Gasteiger partial charge in [0.15, 0.2) is 0 Å². The first-order valence-electron chi connectivity index (χ1n) is 7.45. The molecular weight excluding hydrogens is 290 g/mol. The number of hydrogen-bond acceptors (Lipinski definition) is 2. The van der Waals surface area contributed by atoms with Gasteiger partial charge in [0, 0.05) is 12.8 Å². The third kappa shape index (κ3) is 3.25. The van der Waals surface area contributed by atoms with E-state index < -0.39 is 0 Å². The lowest BCUT2D eigenvalue weighted by Crippen LogP contribution is -2.47. The fourth-order valence-corrected chi connectivity index (χ4v) is 3.24. The first-order chi connectivity index (χ1) is 10.8. The summed E-state index contributed by atoms with van der Waals surface area (Å²) in [5, 5.41) is 0. The average molecular weight is 309 g/mol. The number of nitrogens with zero attached hydrogens (tertiary/aromatic N) is 1. The van der Waals surface area contributed by atoms with Crippen LogP contribution in [-0.4, -0.2) is 23.0 Å². The minimum Gasteiger partial charge on any atom is -0.286 e. The minimum atomic E-state index is 0.173. The second-order valence-corrected chi connectivity index (χ2v) is 6.21. The molecule has 1 aliphatic rings. The Morgan fingerprint density at radius 3 is 2.41 bits per heavy atom. The van der Waals surface area contributed by atoms with Crippen molar-refractivity contribution >= 4 is 23.9 Å². The van der Waals surface area contributed by atoms with Gasteiger partial charge in [-0.25, -0.2) is 0 Å². The summed E-state index contributed by atoms with van der Waals surface area (Å²) in [7, 11) is 0. The van der Waals surface area contributed by atoms with Gasteiger partial charge in [0.2, 0.25) is 5.91 Å². The van der Waals surface area contributed by atoms with Gasteiger partial charge in [-0.2, -0.15) is 0 Å². The Bertz CT molecular complexity index is 664. The predicted octanol–water partition coefficient (Wildman–Crippen LogP) is 4.49. The summed E-state index contributed by atoms with van der Waals surface area (Å²) in [5.74, 6) is 0.434. The maximum Gasteiger partial charge on any atom is 0.237 e. The van der Waals surface area contributed by atoms with E-state index >= 15 is 0 Å². The molecule has 1 aliphatic heterocycles. The van der Waals surface area contributed by atoms with Crippen LogP contribution in [0.15, 0.2) is 60.7 Å². The Hall–Kier alpha value is -2.00. The van der Waals surface area contributed by atoms with Gasteiger partial charge in [-0.1, -0.05) is 78.7 Å². The third-order valence-corrected chi connectivity index (χ3v) is 4.72. The molecule has 0 radical (unpaired) electrons. The van der Waals surface area contributed by atoms with Crippen LogP contribution >= 0.6 is 11.9 Å². The molecule has 0 unspecified atom stereocenters. The molecule has 112 valence electrons. The number of benzene rings is 2. The van der Waals surface area contributed by atoms with E-state index in [1.54, 1.807) is 0 Å². The summed E-state index contributed by atoms with van der Waals surface area (Å²) in [4.78, 5) is 11.7. The van der Waals surface area contributed by atoms with Gasteiger partial charge >= 0.3 is 0 Å². The Kier molecular flexibility index (Phi) is 4.64. The van der Waals surface area contributed by atoms with Gasteiger partial charge in [0.05, 0.1) is 5.92 Å². The SMILES string of the molecule is CSN1C[C@@H](C/C=C/c2ccc(-c3ccccc3)cc2)C1=O. The number of amides is 1. The third-order valence-electron chi connectivity index (χ3n) is 3.95. The van der Waals surface area contributed by atoms with Crippen molar-refractivity contribution in [2.75, 3.05) is 12.8 Å². The second-order valence-electron chi connectivity index (χ2n) is 5.40. The molecule has 0 N–H and O–H groups in total. The van der Waals surface area contributed by atoms with Crippen LogP contribution in [0.3, 0.4) is 0 Å². The van der Waals surface area contributed by atoms with Gasteiger partial charge < -0.3 is 0 Å². The summed E-state index contributed by atoms with van der Waals surface area (Å²) >= 11 is 1.51. The van der Waals surface area contributed by atoms with E-state index in [4.69, 9.17) is 0 Å². The molecule has 0 bridgehead atoms. The highest BCUT2D eigenvalue weighted by atomic mass is 32.2. The Morgan fingerprint density at radius 2 is 1.77 bits per heavy atom. The van der Waals surface area contributed by atoms with Crippen LogP contribution in [0.2, 0.25) is 0 Å². The molecule has 3 rings (SSSR count). The van der Waals surface area contributed by atoms with Gasteiger partial charge in [0.25, 0.3) is 0 Å². The predicted molar refractivity (Wildman–Crippen MR) is 94.2 cm³/mol.